The third kappa shape index (κ3) is 3.58. The van der Waals surface area contributed by atoms with Crippen LogP contribution in [0.2, 0.25) is 0 Å². The van der Waals surface area contributed by atoms with Crippen molar-refractivity contribution in [3.63, 3.8) is 0 Å². The van der Waals surface area contributed by atoms with Gasteiger partial charge in [0.2, 0.25) is 0 Å². The summed E-state index contributed by atoms with van der Waals surface area (Å²) in [5.41, 5.74) is 3.41. The molecule has 4 aliphatic carbocycles. The van der Waals surface area contributed by atoms with Crippen molar-refractivity contribution in [2.75, 3.05) is 27.3 Å². The lowest BCUT2D eigenvalue weighted by atomic mass is 9.52. The van der Waals surface area contributed by atoms with E-state index in [0.29, 0.717) is 31.7 Å². The lowest BCUT2D eigenvalue weighted by Gasteiger charge is -2.56. The number of piperidine rings is 2. The molecule has 2 amide bonds. The monoisotopic (exact) mass is 660 g/mol. The third-order valence-electron chi connectivity index (χ3n) is 12.8. The Morgan fingerprint density at radius 1 is 0.771 bits per heavy atom. The van der Waals surface area contributed by atoms with Gasteiger partial charge in [0.05, 0.1) is 14.2 Å². The van der Waals surface area contributed by atoms with Gasteiger partial charge in [0, 0.05) is 64.9 Å². The smallest absolute Gasteiger partial charge is 0.409 e. The second-order valence-electron chi connectivity index (χ2n) is 14.5. The average molecular weight is 661 g/mol. The predicted molar refractivity (Wildman–Crippen MR) is 168 cm³/mol. The number of aliphatic hydroxyl groups is 1. The van der Waals surface area contributed by atoms with Crippen LogP contribution in [0, 0.1) is 29.4 Å². The van der Waals surface area contributed by atoms with Gasteiger partial charge in [0.1, 0.15) is 18.3 Å². The normalized spacial score (nSPS) is 37.7. The van der Waals surface area contributed by atoms with Gasteiger partial charge in [-0.3, -0.25) is 0 Å². The molecule has 2 fully saturated rings. The number of aliphatic hydroxyl groups excluding tert-OH is 1. The van der Waals surface area contributed by atoms with E-state index in [9.17, 15) is 23.5 Å². The Morgan fingerprint density at radius 2 is 1.25 bits per heavy atom. The number of halogens is 2. The first-order valence-corrected chi connectivity index (χ1v) is 16.9. The molecule has 2 unspecified atom stereocenters. The molecule has 11 heteroatoms. The molecule has 8 aliphatic rings. The molecule has 10 atom stereocenters. The Kier molecular flexibility index (Phi) is 6.37. The maximum absolute atomic E-state index is 14.4. The largest absolute Gasteiger partial charge is 0.485 e. The summed E-state index contributed by atoms with van der Waals surface area (Å²) in [5, 5.41) is 10.5. The van der Waals surface area contributed by atoms with Crippen molar-refractivity contribution in [1.29, 1.82) is 0 Å². The van der Waals surface area contributed by atoms with Crippen LogP contribution in [0.25, 0.3) is 0 Å². The molecule has 48 heavy (non-hydrogen) atoms. The highest BCUT2D eigenvalue weighted by Gasteiger charge is 2.66. The van der Waals surface area contributed by atoms with Crippen molar-refractivity contribution >= 4 is 12.2 Å². The molecular weight excluding hydrogens is 622 g/mol. The maximum atomic E-state index is 14.4. The van der Waals surface area contributed by atoms with Crippen molar-refractivity contribution in [2.24, 2.45) is 17.8 Å². The van der Waals surface area contributed by atoms with Crippen LogP contribution in [0.15, 0.2) is 48.6 Å². The average Bonchev–Trinajstić information content (AvgIpc) is 3.63. The zero-order chi connectivity index (χ0) is 33.3. The number of rotatable bonds is 0. The maximum Gasteiger partial charge on any atom is 0.409 e. The SMILES string of the molecule is COC(=O)N1CC[C@]23c4c5ccc(F)c4O[C@H]2[C@@H](C)C=C[C@H]3C1C5.COC(=O)N1CC[C@]23c4c5ccc(F)c4O[C@H]2[C@@H](O)C=C[C@H]3C1C5. The summed E-state index contributed by atoms with van der Waals surface area (Å²) in [5.74, 6) is 0.466. The van der Waals surface area contributed by atoms with Gasteiger partial charge in [-0.05, 0) is 48.9 Å². The first kappa shape index (κ1) is 30.0. The molecule has 4 bridgehead atoms. The minimum absolute atomic E-state index is 0.00528. The quantitative estimate of drug-likeness (QED) is 0.405. The van der Waals surface area contributed by atoms with Crippen molar-refractivity contribution in [1.82, 2.24) is 9.80 Å². The summed E-state index contributed by atoms with van der Waals surface area (Å²) in [7, 11) is 2.82. The highest BCUT2D eigenvalue weighted by molar-refractivity contribution is 5.70. The fraction of sp³-hybridized carbons (Fsp3) is 0.514. The molecule has 10 rings (SSSR count). The first-order chi connectivity index (χ1) is 23.1. The topological polar surface area (TPSA) is 97.8 Å². The molecule has 252 valence electrons. The van der Waals surface area contributed by atoms with Crippen LogP contribution in [0.1, 0.15) is 42.0 Å². The number of nitrogens with zero attached hydrogens (tertiary/aromatic N) is 2. The second-order valence-corrected chi connectivity index (χ2v) is 14.5. The van der Waals surface area contributed by atoms with Crippen LogP contribution in [0.3, 0.4) is 0 Å². The molecule has 2 aromatic rings. The summed E-state index contributed by atoms with van der Waals surface area (Å²) in [6, 6.07) is 6.56. The zero-order valence-corrected chi connectivity index (χ0v) is 27.0. The van der Waals surface area contributed by atoms with Crippen molar-refractivity contribution in [2.45, 2.75) is 73.8 Å². The van der Waals surface area contributed by atoms with Gasteiger partial charge in [0.15, 0.2) is 23.1 Å². The van der Waals surface area contributed by atoms with Gasteiger partial charge < -0.3 is 33.9 Å². The predicted octanol–water partition coefficient (Wildman–Crippen LogP) is 4.81. The minimum atomic E-state index is -0.774. The molecule has 0 radical (unpaired) electrons. The number of likely N-dealkylation sites (tertiary alicyclic amines) is 2. The molecule has 2 saturated heterocycles. The zero-order valence-electron chi connectivity index (χ0n) is 27.0. The number of hydrogen-bond acceptors (Lipinski definition) is 7. The Balaban J connectivity index is 0.000000131. The minimum Gasteiger partial charge on any atom is -0.485 e. The van der Waals surface area contributed by atoms with E-state index in [0.717, 1.165) is 35.1 Å². The number of carbonyl (C=O) groups excluding carboxylic acids is 2. The lowest BCUT2D eigenvalue weighted by molar-refractivity contribution is -0.0473. The highest BCUT2D eigenvalue weighted by atomic mass is 19.1. The number of amides is 2. The van der Waals surface area contributed by atoms with Gasteiger partial charge in [-0.1, -0.05) is 43.4 Å². The molecule has 2 aromatic carbocycles. The highest BCUT2D eigenvalue weighted by Crippen LogP contribution is 2.63. The van der Waals surface area contributed by atoms with Crippen LogP contribution in [0.5, 0.6) is 11.5 Å². The Bertz CT molecular complexity index is 1680. The molecule has 0 aromatic heterocycles. The van der Waals surface area contributed by atoms with Gasteiger partial charge >= 0.3 is 12.2 Å². The molecule has 0 saturated carbocycles. The molecular formula is C37H38F2N2O7. The van der Waals surface area contributed by atoms with E-state index in [1.54, 1.807) is 17.0 Å². The van der Waals surface area contributed by atoms with Gasteiger partial charge in [-0.15, -0.1) is 0 Å². The van der Waals surface area contributed by atoms with E-state index in [4.69, 9.17) is 18.9 Å². The molecule has 4 heterocycles. The standard InChI is InChI=1S/C19H20FNO3.C18H18FNO4/c1-10-3-5-12-14-9-11-4-6-13(20)16-15(11)19(12,17(10)24-16)7-8-21(14)18(22)23-2;1-23-17(22)20-7-6-18-10-3-5-13(21)16(18)24-15-11(19)4-2-9(14(15)18)8-12(10)20/h3-6,10,12,14,17H,7-9H2,1-2H3;2-5,10,12-13,16,21H,6-8H2,1H3/t10-,12-,14?,17-,19-;10-,12?,13-,16-,18-/m00/s1. The Hall–Kier alpha value is -4.12. The molecule has 1 N–H and O–H groups in total. The van der Waals surface area contributed by atoms with E-state index in [1.807, 2.05) is 17.0 Å². The van der Waals surface area contributed by atoms with Crippen LogP contribution in [0.4, 0.5) is 18.4 Å². The summed E-state index contributed by atoms with van der Waals surface area (Å²) in [6.45, 7) is 3.28. The number of hydrogen-bond donors (Lipinski definition) is 1. The van der Waals surface area contributed by atoms with Crippen molar-refractivity contribution in [3.05, 3.63) is 82.5 Å². The number of benzene rings is 2. The second kappa shape index (κ2) is 10.2. The van der Waals surface area contributed by atoms with Gasteiger partial charge in [-0.2, -0.15) is 0 Å². The molecule has 2 spiro atoms. The van der Waals surface area contributed by atoms with E-state index in [-0.39, 0.29) is 70.9 Å². The molecule has 4 aliphatic heterocycles. The van der Waals surface area contributed by atoms with Crippen LogP contribution in [-0.4, -0.2) is 84.8 Å². The fourth-order valence-corrected chi connectivity index (χ4v) is 11.0. The summed E-state index contributed by atoms with van der Waals surface area (Å²) >= 11 is 0. The lowest BCUT2D eigenvalue weighted by Crippen LogP contribution is -2.66. The first-order valence-electron chi connectivity index (χ1n) is 16.9. The summed E-state index contributed by atoms with van der Waals surface area (Å²) < 4.78 is 50.9. The van der Waals surface area contributed by atoms with E-state index in [1.165, 1.54) is 26.4 Å². The summed E-state index contributed by atoms with van der Waals surface area (Å²) in [4.78, 5) is 28.1. The van der Waals surface area contributed by atoms with Crippen LogP contribution in [-0.2, 0) is 33.1 Å². The van der Waals surface area contributed by atoms with E-state index >= 15 is 0 Å². The number of carbonyl (C=O) groups is 2. The Morgan fingerprint density at radius 3 is 1.77 bits per heavy atom. The van der Waals surface area contributed by atoms with E-state index in [2.05, 4.69) is 19.1 Å². The molecule has 9 nitrogen and oxygen atoms in total. The van der Waals surface area contributed by atoms with Crippen LogP contribution < -0.4 is 9.47 Å². The Labute approximate surface area is 277 Å². The van der Waals surface area contributed by atoms with Crippen molar-refractivity contribution < 1.29 is 42.4 Å². The van der Waals surface area contributed by atoms with Crippen LogP contribution >= 0.6 is 0 Å². The van der Waals surface area contributed by atoms with Gasteiger partial charge in [0.25, 0.3) is 0 Å². The number of ether oxygens (including phenoxy) is 4. The summed E-state index contributed by atoms with van der Waals surface area (Å²) in [6.07, 6.45) is 8.92. The van der Waals surface area contributed by atoms with E-state index < -0.39 is 17.6 Å². The number of methoxy groups -OCH3 is 2. The van der Waals surface area contributed by atoms with Crippen molar-refractivity contribution in [3.8, 4) is 11.5 Å². The van der Waals surface area contributed by atoms with Gasteiger partial charge in [-0.25, -0.2) is 18.4 Å². The third-order valence-corrected chi connectivity index (χ3v) is 12.8. The fourth-order valence-electron chi connectivity index (χ4n) is 11.0.